The van der Waals surface area contributed by atoms with Crippen molar-refractivity contribution in [1.29, 1.82) is 0 Å². The van der Waals surface area contributed by atoms with Crippen LogP contribution in [0.15, 0.2) is 0 Å². The summed E-state index contributed by atoms with van der Waals surface area (Å²) in [5.74, 6) is 0. The SMILES string of the molecule is C[C@@H]1C[C@@H](C)OP(C)(=O)O1. The highest BCUT2D eigenvalue weighted by atomic mass is 31.2. The van der Waals surface area contributed by atoms with Crippen LogP contribution in [0.4, 0.5) is 0 Å². The molecule has 4 heteroatoms. The lowest BCUT2D eigenvalue weighted by Crippen LogP contribution is -2.23. The molecule has 0 saturated carbocycles. The van der Waals surface area contributed by atoms with Crippen molar-refractivity contribution in [3.63, 3.8) is 0 Å². The third-order valence-electron chi connectivity index (χ3n) is 1.41. The molecule has 1 heterocycles. The van der Waals surface area contributed by atoms with Crippen LogP contribution in [0, 0.1) is 0 Å². The molecular formula is C6H13O3P. The molecule has 0 spiro atoms. The highest BCUT2D eigenvalue weighted by molar-refractivity contribution is 7.53. The van der Waals surface area contributed by atoms with Crippen LogP contribution in [0.3, 0.4) is 0 Å². The van der Waals surface area contributed by atoms with Crippen LogP contribution in [-0.2, 0) is 13.6 Å². The summed E-state index contributed by atoms with van der Waals surface area (Å²) in [4.78, 5) is 0. The molecule has 0 unspecified atom stereocenters. The fourth-order valence-electron chi connectivity index (χ4n) is 1.23. The zero-order valence-electron chi connectivity index (χ0n) is 6.53. The number of rotatable bonds is 0. The van der Waals surface area contributed by atoms with Crippen LogP contribution in [0.1, 0.15) is 20.3 Å². The van der Waals surface area contributed by atoms with Crippen LogP contribution >= 0.6 is 7.60 Å². The molecule has 2 atom stereocenters. The van der Waals surface area contributed by atoms with Gasteiger partial charge in [0.1, 0.15) is 0 Å². The van der Waals surface area contributed by atoms with E-state index in [4.69, 9.17) is 9.05 Å². The maximum atomic E-state index is 11.2. The summed E-state index contributed by atoms with van der Waals surface area (Å²) in [7, 11) is -2.70. The van der Waals surface area contributed by atoms with Gasteiger partial charge in [0.25, 0.3) is 0 Å². The van der Waals surface area contributed by atoms with Crippen molar-refractivity contribution in [2.24, 2.45) is 0 Å². The van der Waals surface area contributed by atoms with E-state index in [-0.39, 0.29) is 12.2 Å². The fourth-order valence-corrected chi connectivity index (χ4v) is 2.76. The molecule has 10 heavy (non-hydrogen) atoms. The third-order valence-corrected chi connectivity index (χ3v) is 2.89. The largest absolute Gasteiger partial charge is 0.328 e. The Labute approximate surface area is 61.2 Å². The zero-order chi connectivity index (χ0) is 7.78. The second-order valence-electron chi connectivity index (χ2n) is 2.84. The first-order valence-corrected chi connectivity index (χ1v) is 5.43. The van der Waals surface area contributed by atoms with Crippen molar-refractivity contribution in [1.82, 2.24) is 0 Å². The average Bonchev–Trinajstić information content (AvgIpc) is 1.54. The second-order valence-corrected chi connectivity index (χ2v) is 4.80. The van der Waals surface area contributed by atoms with Gasteiger partial charge in [-0.05, 0) is 13.8 Å². The van der Waals surface area contributed by atoms with E-state index in [1.807, 2.05) is 13.8 Å². The summed E-state index contributed by atoms with van der Waals surface area (Å²) in [5, 5.41) is 0. The summed E-state index contributed by atoms with van der Waals surface area (Å²) < 4.78 is 21.4. The Morgan fingerprint density at radius 1 is 1.30 bits per heavy atom. The molecule has 1 rings (SSSR count). The van der Waals surface area contributed by atoms with E-state index in [0.29, 0.717) is 0 Å². The van der Waals surface area contributed by atoms with Gasteiger partial charge in [0.2, 0.25) is 0 Å². The minimum Gasteiger partial charge on any atom is -0.306 e. The number of hydrogen-bond donors (Lipinski definition) is 0. The van der Waals surface area contributed by atoms with Gasteiger partial charge in [0.05, 0.1) is 12.2 Å². The highest BCUT2D eigenvalue weighted by Crippen LogP contribution is 2.50. The monoisotopic (exact) mass is 164 g/mol. The minimum absolute atomic E-state index is 0.0691. The van der Waals surface area contributed by atoms with Crippen molar-refractivity contribution >= 4 is 7.60 Å². The van der Waals surface area contributed by atoms with Crippen LogP contribution in [0.2, 0.25) is 0 Å². The lowest BCUT2D eigenvalue weighted by molar-refractivity contribution is 0.0514. The maximum Gasteiger partial charge on any atom is 0.328 e. The van der Waals surface area contributed by atoms with Crippen molar-refractivity contribution in [2.45, 2.75) is 32.5 Å². The third kappa shape index (κ3) is 2.08. The summed E-state index contributed by atoms with van der Waals surface area (Å²) in [5.41, 5.74) is 0. The summed E-state index contributed by atoms with van der Waals surface area (Å²) >= 11 is 0. The van der Waals surface area contributed by atoms with E-state index in [2.05, 4.69) is 0 Å². The molecule has 60 valence electrons. The van der Waals surface area contributed by atoms with Gasteiger partial charge in [-0.15, -0.1) is 0 Å². The Balaban J connectivity index is 2.60. The van der Waals surface area contributed by atoms with Gasteiger partial charge in [-0.1, -0.05) is 0 Å². The molecule has 0 N–H and O–H groups in total. The molecule has 0 aliphatic carbocycles. The molecule has 0 radical (unpaired) electrons. The Kier molecular flexibility index (Phi) is 2.18. The first kappa shape index (κ1) is 8.25. The minimum atomic E-state index is -2.70. The molecule has 1 saturated heterocycles. The van der Waals surface area contributed by atoms with E-state index < -0.39 is 7.60 Å². The zero-order valence-corrected chi connectivity index (χ0v) is 7.43. The van der Waals surface area contributed by atoms with E-state index in [1.54, 1.807) is 0 Å². The average molecular weight is 164 g/mol. The molecule has 1 aliphatic heterocycles. The van der Waals surface area contributed by atoms with E-state index in [9.17, 15) is 4.57 Å². The van der Waals surface area contributed by atoms with Gasteiger partial charge < -0.3 is 9.05 Å². The van der Waals surface area contributed by atoms with Crippen molar-refractivity contribution in [3.8, 4) is 0 Å². The molecule has 0 aromatic rings. The van der Waals surface area contributed by atoms with Crippen molar-refractivity contribution in [3.05, 3.63) is 0 Å². The predicted molar refractivity (Wildman–Crippen MR) is 39.2 cm³/mol. The molecule has 0 aromatic heterocycles. The van der Waals surface area contributed by atoms with Gasteiger partial charge in [0.15, 0.2) is 0 Å². The summed E-state index contributed by atoms with van der Waals surface area (Å²) in [6.45, 7) is 5.34. The van der Waals surface area contributed by atoms with Gasteiger partial charge in [-0.3, -0.25) is 4.57 Å². The molecule has 1 aliphatic rings. The van der Waals surface area contributed by atoms with Crippen LogP contribution in [0.25, 0.3) is 0 Å². The number of hydrogen-bond acceptors (Lipinski definition) is 3. The molecular weight excluding hydrogens is 151 g/mol. The first-order chi connectivity index (χ1) is 4.49. The quantitative estimate of drug-likeness (QED) is 0.514. The smallest absolute Gasteiger partial charge is 0.306 e. The lowest BCUT2D eigenvalue weighted by Gasteiger charge is -2.29. The molecule has 3 nitrogen and oxygen atoms in total. The van der Waals surface area contributed by atoms with Gasteiger partial charge in [-0.25, -0.2) is 0 Å². The summed E-state index contributed by atoms with van der Waals surface area (Å²) in [6.07, 6.45) is 0.969. The first-order valence-electron chi connectivity index (χ1n) is 3.44. The topological polar surface area (TPSA) is 35.5 Å². The lowest BCUT2D eigenvalue weighted by atomic mass is 10.2. The van der Waals surface area contributed by atoms with Gasteiger partial charge in [0, 0.05) is 13.1 Å². The van der Waals surface area contributed by atoms with Crippen molar-refractivity contribution < 1.29 is 13.6 Å². The molecule has 1 fully saturated rings. The molecule has 0 amide bonds. The highest BCUT2D eigenvalue weighted by Gasteiger charge is 2.30. The fraction of sp³-hybridized carbons (Fsp3) is 1.00. The van der Waals surface area contributed by atoms with Gasteiger partial charge in [-0.2, -0.15) is 0 Å². The Morgan fingerprint density at radius 2 is 1.70 bits per heavy atom. The van der Waals surface area contributed by atoms with Crippen LogP contribution in [0.5, 0.6) is 0 Å². The van der Waals surface area contributed by atoms with Crippen LogP contribution in [-0.4, -0.2) is 18.9 Å². The summed E-state index contributed by atoms with van der Waals surface area (Å²) in [6, 6.07) is 0. The second kappa shape index (κ2) is 2.65. The standard InChI is InChI=1S/C6H13O3P/c1-5-4-6(2)9-10(3,7)8-5/h5-6H,4H2,1-3H3/t5-,6-/m1/s1. The predicted octanol–water partition coefficient (Wildman–Crippen LogP) is 2.02. The Morgan fingerprint density at radius 3 is 2.00 bits per heavy atom. The van der Waals surface area contributed by atoms with E-state index in [0.717, 1.165) is 6.42 Å². The Bertz CT molecular complexity index is 154. The van der Waals surface area contributed by atoms with Gasteiger partial charge >= 0.3 is 7.60 Å². The van der Waals surface area contributed by atoms with Crippen molar-refractivity contribution in [2.75, 3.05) is 6.66 Å². The normalized spacial score (nSPS) is 49.1. The Hall–Kier alpha value is 0.150. The molecule has 0 bridgehead atoms. The van der Waals surface area contributed by atoms with E-state index >= 15 is 0 Å². The van der Waals surface area contributed by atoms with E-state index in [1.165, 1.54) is 6.66 Å². The molecule has 0 aromatic carbocycles. The van der Waals surface area contributed by atoms with Crippen LogP contribution < -0.4 is 0 Å². The maximum absolute atomic E-state index is 11.2.